The number of carbonyl (C=O) groups is 2. The van der Waals surface area contributed by atoms with Gasteiger partial charge in [-0.3, -0.25) is 9.59 Å². The molecule has 0 spiro atoms. The Bertz CT molecular complexity index is 1260. The Morgan fingerprint density at radius 1 is 1.19 bits per heavy atom. The Labute approximate surface area is 224 Å². The molecule has 3 aromatic rings. The van der Waals surface area contributed by atoms with Crippen molar-refractivity contribution in [3.63, 3.8) is 0 Å². The van der Waals surface area contributed by atoms with E-state index in [0.717, 1.165) is 6.04 Å². The summed E-state index contributed by atoms with van der Waals surface area (Å²) in [6.07, 6.45) is 2.01. The zero-order valence-electron chi connectivity index (χ0n) is 19.9. The van der Waals surface area contributed by atoms with Crippen molar-refractivity contribution in [1.29, 1.82) is 0 Å². The standard InChI is InChI=1S/C24H25Cl3FN3O4Si/c1-36(2,3)7-6-34-14-31-13-30-23(27)21(31)24(33)29-11-16-4-5-19(26)22(20(16)28)35-18-9-15(12-32)8-17(25)10-18/h4-5,8-10,12-13H,6-7,11,14H2,1-3H3,(H,29,33). The van der Waals surface area contributed by atoms with Crippen LogP contribution in [0.15, 0.2) is 36.7 Å². The number of amides is 1. The fraction of sp³-hybridized carbons (Fsp3) is 0.292. The maximum Gasteiger partial charge on any atom is 0.271 e. The number of aldehydes is 1. The number of hydrogen-bond donors (Lipinski definition) is 1. The first kappa shape index (κ1) is 28.1. The number of hydrogen-bond acceptors (Lipinski definition) is 5. The highest BCUT2D eigenvalue weighted by Gasteiger charge is 2.20. The molecule has 1 aromatic heterocycles. The molecule has 36 heavy (non-hydrogen) atoms. The summed E-state index contributed by atoms with van der Waals surface area (Å²) in [6.45, 7) is 7.23. The molecule has 0 saturated heterocycles. The van der Waals surface area contributed by atoms with Crippen molar-refractivity contribution in [2.24, 2.45) is 0 Å². The Kier molecular flexibility index (Phi) is 9.54. The number of benzene rings is 2. The molecule has 0 fully saturated rings. The topological polar surface area (TPSA) is 82.5 Å². The quantitative estimate of drug-likeness (QED) is 0.155. The molecular weight excluding hydrogens is 548 g/mol. The zero-order chi connectivity index (χ0) is 26.5. The van der Waals surface area contributed by atoms with Crippen LogP contribution in [-0.2, 0) is 18.0 Å². The van der Waals surface area contributed by atoms with Gasteiger partial charge in [0.15, 0.2) is 16.7 Å². The third kappa shape index (κ3) is 7.53. The number of halogens is 4. The molecule has 3 rings (SSSR count). The smallest absolute Gasteiger partial charge is 0.271 e. The second-order valence-electron chi connectivity index (χ2n) is 9.17. The van der Waals surface area contributed by atoms with E-state index >= 15 is 4.39 Å². The maximum atomic E-state index is 15.2. The molecule has 0 aliphatic carbocycles. The molecule has 0 aliphatic heterocycles. The first-order valence-corrected chi connectivity index (χ1v) is 15.8. The van der Waals surface area contributed by atoms with Gasteiger partial charge in [-0.05, 0) is 30.3 Å². The summed E-state index contributed by atoms with van der Waals surface area (Å²) in [6, 6.07) is 8.11. The van der Waals surface area contributed by atoms with Gasteiger partial charge in [0.1, 0.15) is 24.5 Å². The minimum absolute atomic E-state index is 0.00629. The number of ether oxygens (including phenoxy) is 2. The molecule has 192 valence electrons. The van der Waals surface area contributed by atoms with E-state index in [9.17, 15) is 9.59 Å². The van der Waals surface area contributed by atoms with Gasteiger partial charge in [-0.25, -0.2) is 9.37 Å². The molecule has 1 heterocycles. The van der Waals surface area contributed by atoms with Crippen molar-refractivity contribution in [3.8, 4) is 11.5 Å². The van der Waals surface area contributed by atoms with Crippen LogP contribution in [0.4, 0.5) is 4.39 Å². The normalized spacial score (nSPS) is 11.4. The summed E-state index contributed by atoms with van der Waals surface area (Å²) in [7, 11) is -1.26. The maximum absolute atomic E-state index is 15.2. The van der Waals surface area contributed by atoms with Gasteiger partial charge in [0.25, 0.3) is 5.91 Å². The van der Waals surface area contributed by atoms with Gasteiger partial charge < -0.3 is 19.4 Å². The van der Waals surface area contributed by atoms with E-state index in [-0.39, 0.29) is 56.8 Å². The third-order valence-corrected chi connectivity index (χ3v) is 7.55. The molecule has 0 saturated carbocycles. The summed E-state index contributed by atoms with van der Waals surface area (Å²) >= 11 is 18.3. The van der Waals surface area contributed by atoms with Crippen molar-refractivity contribution in [1.82, 2.24) is 14.9 Å². The van der Waals surface area contributed by atoms with E-state index in [1.54, 1.807) is 0 Å². The Morgan fingerprint density at radius 3 is 2.64 bits per heavy atom. The van der Waals surface area contributed by atoms with E-state index in [2.05, 4.69) is 29.9 Å². The second kappa shape index (κ2) is 12.2. The van der Waals surface area contributed by atoms with Crippen LogP contribution in [0.5, 0.6) is 11.5 Å². The van der Waals surface area contributed by atoms with E-state index in [1.807, 2.05) is 0 Å². The van der Waals surface area contributed by atoms with Crippen LogP contribution < -0.4 is 10.1 Å². The van der Waals surface area contributed by atoms with Gasteiger partial charge in [-0.1, -0.05) is 60.5 Å². The van der Waals surface area contributed by atoms with Gasteiger partial charge in [0.05, 0.1) is 11.3 Å². The molecule has 1 amide bonds. The predicted octanol–water partition coefficient (Wildman–Crippen LogP) is 6.83. The van der Waals surface area contributed by atoms with Crippen LogP contribution in [0.3, 0.4) is 0 Å². The summed E-state index contributed by atoms with van der Waals surface area (Å²) in [5, 5.41) is 2.89. The minimum atomic E-state index is -1.26. The molecule has 0 radical (unpaired) electrons. The molecule has 7 nitrogen and oxygen atoms in total. The van der Waals surface area contributed by atoms with Crippen LogP contribution >= 0.6 is 34.8 Å². The largest absolute Gasteiger partial charge is 0.453 e. The van der Waals surface area contributed by atoms with Gasteiger partial charge in [0.2, 0.25) is 0 Å². The number of carbonyl (C=O) groups excluding carboxylic acids is 2. The minimum Gasteiger partial charge on any atom is -0.453 e. The van der Waals surface area contributed by atoms with E-state index in [0.29, 0.717) is 12.9 Å². The zero-order valence-corrected chi connectivity index (χ0v) is 23.2. The average Bonchev–Trinajstić information content (AvgIpc) is 3.18. The van der Waals surface area contributed by atoms with E-state index < -0.39 is 19.8 Å². The number of rotatable bonds is 11. The summed E-state index contributed by atoms with van der Waals surface area (Å²) < 4.78 is 28.0. The van der Waals surface area contributed by atoms with Crippen LogP contribution in [-0.4, -0.2) is 36.4 Å². The van der Waals surface area contributed by atoms with Crippen LogP contribution in [0.1, 0.15) is 26.4 Å². The van der Waals surface area contributed by atoms with Crippen LogP contribution in [0.2, 0.25) is 40.9 Å². The fourth-order valence-corrected chi connectivity index (χ4v) is 4.53. The lowest BCUT2D eigenvalue weighted by Gasteiger charge is -2.16. The second-order valence-corrected chi connectivity index (χ2v) is 16.0. The molecule has 2 aromatic carbocycles. The van der Waals surface area contributed by atoms with Gasteiger partial charge >= 0.3 is 0 Å². The summed E-state index contributed by atoms with van der Waals surface area (Å²) in [5.41, 5.74) is 0.486. The fourth-order valence-electron chi connectivity index (χ4n) is 3.11. The Morgan fingerprint density at radius 2 is 1.94 bits per heavy atom. The van der Waals surface area contributed by atoms with Crippen LogP contribution in [0.25, 0.3) is 0 Å². The van der Waals surface area contributed by atoms with Crippen molar-refractivity contribution < 1.29 is 23.5 Å². The van der Waals surface area contributed by atoms with E-state index in [4.69, 9.17) is 44.3 Å². The monoisotopic (exact) mass is 571 g/mol. The highest BCUT2D eigenvalue weighted by atomic mass is 35.5. The molecule has 0 bridgehead atoms. The number of imidazole rings is 1. The van der Waals surface area contributed by atoms with Gasteiger partial charge in [-0.15, -0.1) is 0 Å². The van der Waals surface area contributed by atoms with Crippen LogP contribution in [0, 0.1) is 5.82 Å². The predicted molar refractivity (Wildman–Crippen MR) is 141 cm³/mol. The molecule has 0 atom stereocenters. The molecule has 12 heteroatoms. The van der Waals surface area contributed by atoms with Crippen molar-refractivity contribution in [2.75, 3.05) is 6.61 Å². The SMILES string of the molecule is C[Si](C)(C)CCOCn1cnc(Cl)c1C(=O)NCc1ccc(Cl)c(Oc2cc(Cl)cc(C=O)c2)c1F. The van der Waals surface area contributed by atoms with Gasteiger partial charge in [0, 0.05) is 37.4 Å². The van der Waals surface area contributed by atoms with E-state index in [1.165, 1.54) is 41.2 Å². The number of nitrogens with zero attached hydrogens (tertiary/aromatic N) is 2. The first-order valence-electron chi connectivity index (χ1n) is 11.0. The first-order chi connectivity index (χ1) is 17.0. The summed E-state index contributed by atoms with van der Waals surface area (Å²) in [4.78, 5) is 27.9. The Hall–Kier alpha value is -2.43. The highest BCUT2D eigenvalue weighted by Crippen LogP contribution is 2.35. The molecule has 0 unspecified atom stereocenters. The summed E-state index contributed by atoms with van der Waals surface area (Å²) in [5.74, 6) is -1.45. The number of aromatic nitrogens is 2. The molecular formula is C24H25Cl3FN3O4Si. The van der Waals surface area contributed by atoms with Crippen molar-refractivity contribution in [3.05, 3.63) is 74.5 Å². The lowest BCUT2D eigenvalue weighted by Crippen LogP contribution is -2.27. The molecule has 0 aliphatic rings. The third-order valence-electron chi connectivity index (χ3n) is 5.05. The average molecular weight is 573 g/mol. The number of nitrogens with one attached hydrogen (secondary N) is 1. The van der Waals surface area contributed by atoms with Gasteiger partial charge in [-0.2, -0.15) is 0 Å². The lowest BCUT2D eigenvalue weighted by atomic mass is 10.2. The lowest BCUT2D eigenvalue weighted by molar-refractivity contribution is 0.0789. The van der Waals surface area contributed by atoms with Crippen molar-refractivity contribution >= 4 is 55.1 Å². The van der Waals surface area contributed by atoms with Crippen molar-refractivity contribution in [2.45, 2.75) is 39.0 Å². The Balaban J connectivity index is 1.71. The molecule has 1 N–H and O–H groups in total. The highest BCUT2D eigenvalue weighted by molar-refractivity contribution is 6.76.